The van der Waals surface area contributed by atoms with Gasteiger partial charge in [0.05, 0.1) is 6.04 Å². The number of hydrogen-bond donors (Lipinski definition) is 1. The van der Waals surface area contributed by atoms with E-state index in [-0.39, 0.29) is 0 Å². The van der Waals surface area contributed by atoms with Crippen LogP contribution in [0, 0.1) is 0 Å². The summed E-state index contributed by atoms with van der Waals surface area (Å²) < 4.78 is 0. The summed E-state index contributed by atoms with van der Waals surface area (Å²) in [5.41, 5.74) is 4.54. The number of benzene rings is 1. The van der Waals surface area contributed by atoms with E-state index in [9.17, 15) is 0 Å². The zero-order valence-electron chi connectivity index (χ0n) is 13.1. The van der Waals surface area contributed by atoms with Gasteiger partial charge in [0, 0.05) is 23.1 Å². The Labute approximate surface area is 127 Å². The molecule has 1 saturated heterocycles. The molecule has 4 rings (SSSR count). The summed E-state index contributed by atoms with van der Waals surface area (Å²) in [5, 5.41) is 1.49. The first kappa shape index (κ1) is 13.4. The predicted octanol–water partition coefficient (Wildman–Crippen LogP) is 4.98. The van der Waals surface area contributed by atoms with Crippen molar-refractivity contribution in [1.82, 2.24) is 9.88 Å². The molecule has 0 amide bonds. The third-order valence-electron chi connectivity index (χ3n) is 5.49. The standard InChI is InChI=1S/C19H26N2/c1-2-3-4-11-17-19-18(14-8-7-12-21(17)13-14)15-9-5-6-10-16(15)20-19/h5-6,9-10,14,17,20H,2-4,7-8,11-13H2,1H3/t14-,17-/m0/s1. The minimum absolute atomic E-state index is 0.635. The van der Waals surface area contributed by atoms with Crippen LogP contribution in [0.4, 0.5) is 0 Å². The minimum atomic E-state index is 0.635. The first-order valence-corrected chi connectivity index (χ1v) is 8.73. The summed E-state index contributed by atoms with van der Waals surface area (Å²) in [6, 6.07) is 9.55. The predicted molar refractivity (Wildman–Crippen MR) is 88.7 cm³/mol. The summed E-state index contributed by atoms with van der Waals surface area (Å²) in [7, 11) is 0. The fourth-order valence-corrected chi connectivity index (χ4v) is 4.51. The van der Waals surface area contributed by atoms with Crippen molar-refractivity contribution in [3.8, 4) is 0 Å². The molecule has 1 aromatic carbocycles. The molecule has 21 heavy (non-hydrogen) atoms. The maximum atomic E-state index is 3.78. The zero-order chi connectivity index (χ0) is 14.2. The van der Waals surface area contributed by atoms with Crippen LogP contribution in [-0.2, 0) is 0 Å². The molecule has 2 aliphatic rings. The van der Waals surface area contributed by atoms with E-state index < -0.39 is 0 Å². The molecule has 1 aromatic heterocycles. The highest BCUT2D eigenvalue weighted by Gasteiger charge is 2.37. The maximum Gasteiger partial charge on any atom is 0.0501 e. The Morgan fingerprint density at radius 3 is 3.05 bits per heavy atom. The van der Waals surface area contributed by atoms with Crippen LogP contribution in [0.25, 0.3) is 10.9 Å². The van der Waals surface area contributed by atoms with Crippen molar-refractivity contribution in [2.24, 2.45) is 0 Å². The average molecular weight is 282 g/mol. The molecule has 2 nitrogen and oxygen atoms in total. The lowest BCUT2D eigenvalue weighted by atomic mass is 9.81. The summed E-state index contributed by atoms with van der Waals surface area (Å²) in [4.78, 5) is 6.53. The van der Waals surface area contributed by atoms with E-state index in [4.69, 9.17) is 0 Å². The maximum absolute atomic E-state index is 3.78. The van der Waals surface area contributed by atoms with Gasteiger partial charge in [0.15, 0.2) is 0 Å². The second-order valence-corrected chi connectivity index (χ2v) is 6.84. The van der Waals surface area contributed by atoms with E-state index >= 15 is 0 Å². The SMILES string of the molecule is CCCCC[C@H]1c2[nH]c3ccccc3c2[C@H]2CCCN1C2. The molecule has 2 bridgehead atoms. The van der Waals surface area contributed by atoms with Crippen LogP contribution in [0.2, 0.25) is 0 Å². The van der Waals surface area contributed by atoms with E-state index in [2.05, 4.69) is 41.1 Å². The number of hydrogen-bond acceptors (Lipinski definition) is 1. The quantitative estimate of drug-likeness (QED) is 0.783. The van der Waals surface area contributed by atoms with Crippen LogP contribution in [0.15, 0.2) is 24.3 Å². The molecule has 0 saturated carbocycles. The number of aromatic nitrogens is 1. The lowest BCUT2D eigenvalue weighted by molar-refractivity contribution is 0.119. The van der Waals surface area contributed by atoms with E-state index in [1.54, 1.807) is 11.3 Å². The number of fused-ring (bicyclic) bond motifs is 6. The Morgan fingerprint density at radius 1 is 1.24 bits per heavy atom. The monoisotopic (exact) mass is 282 g/mol. The van der Waals surface area contributed by atoms with Crippen molar-refractivity contribution in [3.63, 3.8) is 0 Å². The Bertz CT molecular complexity index is 628. The summed E-state index contributed by atoms with van der Waals surface area (Å²) >= 11 is 0. The van der Waals surface area contributed by atoms with E-state index in [0.29, 0.717) is 6.04 Å². The molecule has 3 atom stereocenters. The highest BCUT2D eigenvalue weighted by molar-refractivity contribution is 5.85. The van der Waals surface area contributed by atoms with Crippen LogP contribution < -0.4 is 0 Å². The number of para-hydroxylation sites is 1. The third kappa shape index (κ3) is 2.20. The largest absolute Gasteiger partial charge is 0.357 e. The first-order chi connectivity index (χ1) is 10.4. The highest BCUT2D eigenvalue weighted by Crippen LogP contribution is 2.45. The molecule has 112 valence electrons. The number of nitrogens with zero attached hydrogens (tertiary/aromatic N) is 1. The zero-order valence-corrected chi connectivity index (χ0v) is 13.1. The van der Waals surface area contributed by atoms with Gasteiger partial charge in [-0.15, -0.1) is 0 Å². The van der Waals surface area contributed by atoms with Gasteiger partial charge in [0.2, 0.25) is 0 Å². The van der Waals surface area contributed by atoms with Crippen molar-refractivity contribution >= 4 is 10.9 Å². The van der Waals surface area contributed by atoms with E-state index in [1.165, 1.54) is 62.5 Å². The molecule has 2 aromatic rings. The van der Waals surface area contributed by atoms with Crippen LogP contribution in [0.1, 0.15) is 68.7 Å². The van der Waals surface area contributed by atoms with E-state index in [0.717, 1.165) is 5.92 Å². The van der Waals surface area contributed by atoms with Crippen molar-refractivity contribution in [2.75, 3.05) is 13.1 Å². The molecule has 2 aliphatic heterocycles. The summed E-state index contributed by atoms with van der Waals surface area (Å²) in [6.45, 7) is 4.87. The number of rotatable bonds is 4. The number of unbranched alkanes of at least 4 members (excludes halogenated alkanes) is 2. The fraction of sp³-hybridized carbons (Fsp3) is 0.579. The van der Waals surface area contributed by atoms with Crippen LogP contribution >= 0.6 is 0 Å². The van der Waals surface area contributed by atoms with Crippen molar-refractivity contribution in [1.29, 1.82) is 0 Å². The smallest absolute Gasteiger partial charge is 0.0501 e. The van der Waals surface area contributed by atoms with Crippen LogP contribution in [-0.4, -0.2) is 23.0 Å². The lowest BCUT2D eigenvalue weighted by Crippen LogP contribution is -2.41. The Hall–Kier alpha value is -1.28. The van der Waals surface area contributed by atoms with Gasteiger partial charge in [0.1, 0.15) is 0 Å². The number of nitrogens with one attached hydrogen (secondary N) is 1. The molecule has 1 N–H and O–H groups in total. The fourth-order valence-electron chi connectivity index (χ4n) is 4.51. The molecular weight excluding hydrogens is 256 g/mol. The van der Waals surface area contributed by atoms with Gasteiger partial charge >= 0.3 is 0 Å². The van der Waals surface area contributed by atoms with Crippen LogP contribution in [0.5, 0.6) is 0 Å². The number of piperidine rings is 1. The molecule has 0 spiro atoms. The Kier molecular flexibility index (Phi) is 3.50. The molecule has 0 aliphatic carbocycles. The van der Waals surface area contributed by atoms with Crippen molar-refractivity contribution < 1.29 is 0 Å². The molecule has 3 heterocycles. The van der Waals surface area contributed by atoms with Gasteiger partial charge in [0.25, 0.3) is 0 Å². The minimum Gasteiger partial charge on any atom is -0.357 e. The normalized spacial score (nSPS) is 27.8. The van der Waals surface area contributed by atoms with Crippen LogP contribution in [0.3, 0.4) is 0 Å². The second-order valence-electron chi connectivity index (χ2n) is 6.84. The average Bonchev–Trinajstić information content (AvgIpc) is 2.90. The van der Waals surface area contributed by atoms with E-state index in [1.807, 2.05) is 0 Å². The topological polar surface area (TPSA) is 19.0 Å². The van der Waals surface area contributed by atoms with Gasteiger partial charge < -0.3 is 4.98 Å². The number of aromatic amines is 1. The van der Waals surface area contributed by atoms with Crippen molar-refractivity contribution in [2.45, 2.75) is 57.4 Å². The molecule has 1 fully saturated rings. The second kappa shape index (κ2) is 5.49. The highest BCUT2D eigenvalue weighted by atomic mass is 15.2. The Balaban J connectivity index is 1.77. The lowest BCUT2D eigenvalue weighted by Gasteiger charge is -2.43. The third-order valence-corrected chi connectivity index (χ3v) is 5.49. The molecule has 0 radical (unpaired) electrons. The summed E-state index contributed by atoms with van der Waals surface area (Å²) in [5.74, 6) is 0.757. The first-order valence-electron chi connectivity index (χ1n) is 8.73. The number of H-pyrrole nitrogens is 1. The van der Waals surface area contributed by atoms with Gasteiger partial charge in [-0.1, -0.05) is 44.4 Å². The van der Waals surface area contributed by atoms with Gasteiger partial charge in [-0.3, -0.25) is 4.90 Å². The van der Waals surface area contributed by atoms with Gasteiger partial charge in [-0.05, 0) is 43.4 Å². The molecular formula is C19H26N2. The summed E-state index contributed by atoms with van der Waals surface area (Å²) in [6.07, 6.45) is 8.09. The molecule has 1 unspecified atom stereocenters. The van der Waals surface area contributed by atoms with Gasteiger partial charge in [-0.25, -0.2) is 0 Å². The molecule has 2 heteroatoms. The Morgan fingerprint density at radius 2 is 2.14 bits per heavy atom. The van der Waals surface area contributed by atoms with Gasteiger partial charge in [-0.2, -0.15) is 0 Å². The van der Waals surface area contributed by atoms with Crippen molar-refractivity contribution in [3.05, 3.63) is 35.5 Å².